The van der Waals surface area contributed by atoms with Crippen molar-refractivity contribution in [2.45, 2.75) is 86.8 Å². The van der Waals surface area contributed by atoms with Crippen LogP contribution in [0.25, 0.3) is 22.0 Å². The lowest BCUT2D eigenvalue weighted by Crippen LogP contribution is -2.57. The van der Waals surface area contributed by atoms with Crippen LogP contribution >= 0.6 is 11.3 Å². The summed E-state index contributed by atoms with van der Waals surface area (Å²) in [6.07, 6.45) is 10.1. The number of amides is 3. The van der Waals surface area contributed by atoms with E-state index in [0.717, 1.165) is 47.7 Å². The van der Waals surface area contributed by atoms with Crippen LogP contribution in [0, 0.1) is 5.92 Å². The third kappa shape index (κ3) is 7.90. The fraction of sp³-hybridized carbons (Fsp3) is 0.425. The molecule has 2 aliphatic carbocycles. The van der Waals surface area contributed by atoms with Gasteiger partial charge in [-0.3, -0.25) is 19.1 Å². The van der Waals surface area contributed by atoms with E-state index in [2.05, 4.69) is 20.3 Å². The summed E-state index contributed by atoms with van der Waals surface area (Å²) in [7, 11) is -2.27. The highest BCUT2D eigenvalue weighted by Crippen LogP contribution is 2.46. The zero-order valence-electron chi connectivity index (χ0n) is 30.5. The normalized spacial score (nSPS) is 25.9. The lowest BCUT2D eigenvalue weighted by Gasteiger charge is -2.29. The standard InChI is InChI=1S/C40H44N6O7S2/c1-52-28-14-17-31-26(20-28)18-19-41-36(31)53-29-21-34-35(47)44-40(38(49)45-55(50,51)30-15-16-30)22-27(40)12-8-3-2-4-9-13-32(37(48)46(34)23-29)42-39-43-33(24-54-39)25-10-6-5-7-11-25/h5-8,10-12,14,17-20,24,27,29-30,32,34H,2-4,9,13,15-16,21-23H2,1H3,(H,42,43)(H,44,47)(H,45,49)/t27-,29-,32+,34+,40-/m1/s1. The summed E-state index contributed by atoms with van der Waals surface area (Å²) in [5.41, 5.74) is 0.306. The van der Waals surface area contributed by atoms with E-state index in [0.29, 0.717) is 36.0 Å². The molecule has 4 aromatic rings. The molecule has 3 N–H and O–H groups in total. The van der Waals surface area contributed by atoms with Gasteiger partial charge in [0.1, 0.15) is 29.5 Å². The third-order valence-electron chi connectivity index (χ3n) is 10.9. The Labute approximate surface area is 324 Å². The molecule has 0 spiro atoms. The number of hydrogen-bond donors (Lipinski definition) is 3. The number of methoxy groups -OCH3 is 1. The molecule has 2 saturated carbocycles. The molecule has 0 radical (unpaired) electrons. The second-order valence-electron chi connectivity index (χ2n) is 14.8. The van der Waals surface area contributed by atoms with E-state index in [4.69, 9.17) is 14.5 Å². The summed E-state index contributed by atoms with van der Waals surface area (Å²) in [6.45, 7) is 0.0923. The molecule has 15 heteroatoms. The molecular formula is C40H44N6O7S2. The molecule has 2 aromatic carbocycles. The fourth-order valence-electron chi connectivity index (χ4n) is 7.58. The summed E-state index contributed by atoms with van der Waals surface area (Å²) in [5, 5.41) is 9.89. The number of pyridine rings is 1. The Hall–Kier alpha value is -5.02. The van der Waals surface area contributed by atoms with Gasteiger partial charge in [0.05, 0.1) is 24.6 Å². The van der Waals surface area contributed by atoms with Gasteiger partial charge in [0.25, 0.3) is 5.91 Å². The van der Waals surface area contributed by atoms with Crippen LogP contribution < -0.4 is 24.8 Å². The van der Waals surface area contributed by atoms with E-state index in [1.807, 2.05) is 72.1 Å². The van der Waals surface area contributed by atoms with Crippen LogP contribution in [-0.4, -0.2) is 83.6 Å². The van der Waals surface area contributed by atoms with E-state index >= 15 is 0 Å². The molecule has 3 fully saturated rings. The van der Waals surface area contributed by atoms with Crippen molar-refractivity contribution in [2.24, 2.45) is 5.92 Å². The minimum Gasteiger partial charge on any atom is -0.497 e. The predicted octanol–water partition coefficient (Wildman–Crippen LogP) is 5.20. The number of fused-ring (bicyclic) bond motifs is 3. The van der Waals surface area contributed by atoms with Gasteiger partial charge in [-0.15, -0.1) is 11.3 Å². The van der Waals surface area contributed by atoms with E-state index in [1.54, 1.807) is 13.3 Å². The molecule has 2 aliphatic heterocycles. The molecule has 0 unspecified atom stereocenters. The summed E-state index contributed by atoms with van der Waals surface area (Å²) >= 11 is 1.41. The number of carbonyl (C=O) groups is 3. The average Bonchev–Trinajstić information content (AvgIpc) is 4.07. The number of ether oxygens (including phenoxy) is 2. The van der Waals surface area contributed by atoms with Crippen LogP contribution in [0.1, 0.15) is 57.8 Å². The number of thiazole rings is 1. The number of hydrogen-bond acceptors (Lipinski definition) is 11. The largest absolute Gasteiger partial charge is 0.497 e. The number of sulfonamides is 1. The summed E-state index contributed by atoms with van der Waals surface area (Å²) in [5.74, 6) is -0.913. The van der Waals surface area contributed by atoms with Gasteiger partial charge in [-0.2, -0.15) is 0 Å². The first-order chi connectivity index (χ1) is 26.6. The van der Waals surface area contributed by atoms with Gasteiger partial charge in [-0.05, 0) is 68.2 Å². The molecule has 4 heterocycles. The molecular weight excluding hydrogens is 741 g/mol. The molecule has 2 aromatic heterocycles. The van der Waals surface area contributed by atoms with Crippen LogP contribution in [0.4, 0.5) is 5.13 Å². The summed E-state index contributed by atoms with van der Waals surface area (Å²) < 4.78 is 39.9. The molecule has 4 aliphatic rings. The van der Waals surface area contributed by atoms with Crippen molar-refractivity contribution in [3.05, 3.63) is 78.3 Å². The first-order valence-electron chi connectivity index (χ1n) is 18.9. The quantitative estimate of drug-likeness (QED) is 0.192. The van der Waals surface area contributed by atoms with Gasteiger partial charge in [-0.25, -0.2) is 18.4 Å². The molecule has 3 amide bonds. The van der Waals surface area contributed by atoms with Gasteiger partial charge < -0.3 is 25.0 Å². The van der Waals surface area contributed by atoms with Crippen molar-refractivity contribution in [2.75, 3.05) is 19.0 Å². The second-order valence-corrected chi connectivity index (χ2v) is 17.6. The van der Waals surface area contributed by atoms with Gasteiger partial charge in [0.15, 0.2) is 5.13 Å². The van der Waals surface area contributed by atoms with Gasteiger partial charge in [0.2, 0.25) is 27.7 Å². The van der Waals surface area contributed by atoms with Crippen LogP contribution in [0.5, 0.6) is 11.6 Å². The Bertz CT molecular complexity index is 2230. The highest BCUT2D eigenvalue weighted by Gasteiger charge is 2.62. The van der Waals surface area contributed by atoms with Gasteiger partial charge in [-0.1, -0.05) is 55.3 Å². The minimum atomic E-state index is -3.86. The van der Waals surface area contributed by atoms with Crippen molar-refractivity contribution in [1.29, 1.82) is 0 Å². The first kappa shape index (κ1) is 36.9. The average molecular weight is 785 g/mol. The first-order valence-corrected chi connectivity index (χ1v) is 21.3. The number of nitrogens with one attached hydrogen (secondary N) is 3. The van der Waals surface area contributed by atoms with Crippen molar-refractivity contribution in [3.63, 3.8) is 0 Å². The van der Waals surface area contributed by atoms with Crippen molar-refractivity contribution in [3.8, 4) is 22.9 Å². The number of rotatable bonds is 9. The van der Waals surface area contributed by atoms with Gasteiger partial charge in [0, 0.05) is 34.9 Å². The molecule has 5 atom stereocenters. The zero-order valence-corrected chi connectivity index (χ0v) is 32.1. The van der Waals surface area contributed by atoms with Crippen molar-refractivity contribution < 1.29 is 32.3 Å². The summed E-state index contributed by atoms with van der Waals surface area (Å²) in [6, 6.07) is 15.5. The predicted molar refractivity (Wildman–Crippen MR) is 209 cm³/mol. The molecule has 1 saturated heterocycles. The number of anilines is 1. The lowest BCUT2D eigenvalue weighted by atomic mass is 10.1. The molecule has 0 bridgehead atoms. The Balaban J connectivity index is 1.10. The molecule has 8 rings (SSSR count). The maximum atomic E-state index is 14.8. The maximum Gasteiger partial charge on any atom is 0.259 e. The second kappa shape index (κ2) is 15.3. The molecule has 55 heavy (non-hydrogen) atoms. The Morgan fingerprint density at radius 3 is 2.69 bits per heavy atom. The SMILES string of the molecule is COc1ccc2c(O[C@@H]3C[C@H]4C(=O)N[C@]5(C(=O)NS(=O)(=O)C6CC6)C[C@H]5C=CCCCCC[C@H](Nc5nc(-c6ccccc6)cs5)C(=O)N4C3)nccc2c1. The van der Waals surface area contributed by atoms with Crippen molar-refractivity contribution in [1.82, 2.24) is 24.9 Å². The van der Waals surface area contributed by atoms with E-state index < -0.39 is 50.8 Å². The van der Waals surface area contributed by atoms with Gasteiger partial charge >= 0.3 is 0 Å². The van der Waals surface area contributed by atoms with Crippen LogP contribution in [0.3, 0.4) is 0 Å². The third-order valence-corrected chi connectivity index (χ3v) is 13.5. The van der Waals surface area contributed by atoms with Crippen LogP contribution in [-0.2, 0) is 24.4 Å². The smallest absolute Gasteiger partial charge is 0.259 e. The Morgan fingerprint density at radius 2 is 1.89 bits per heavy atom. The fourth-order valence-corrected chi connectivity index (χ4v) is 9.72. The Morgan fingerprint density at radius 1 is 1.05 bits per heavy atom. The highest BCUT2D eigenvalue weighted by molar-refractivity contribution is 7.91. The molecule has 288 valence electrons. The number of aromatic nitrogens is 2. The lowest BCUT2D eigenvalue weighted by molar-refractivity contribution is -0.140. The maximum absolute atomic E-state index is 14.8. The topological polar surface area (TPSA) is 169 Å². The summed E-state index contributed by atoms with van der Waals surface area (Å²) in [4.78, 5) is 53.8. The van der Waals surface area contributed by atoms with E-state index in [9.17, 15) is 22.8 Å². The highest BCUT2D eigenvalue weighted by atomic mass is 32.2. The van der Waals surface area contributed by atoms with Crippen molar-refractivity contribution >= 4 is 55.0 Å². The van der Waals surface area contributed by atoms with Crippen LogP contribution in [0.15, 0.2) is 78.3 Å². The van der Waals surface area contributed by atoms with E-state index in [1.165, 1.54) is 16.2 Å². The zero-order chi connectivity index (χ0) is 38.2. The number of benzene rings is 2. The number of allylic oxidation sites excluding steroid dienone is 1. The Kier molecular flexibility index (Phi) is 10.2. The molecule has 13 nitrogen and oxygen atoms in total. The van der Waals surface area contributed by atoms with Crippen LogP contribution in [0.2, 0.25) is 0 Å². The van der Waals surface area contributed by atoms with E-state index in [-0.39, 0.29) is 31.2 Å². The monoisotopic (exact) mass is 784 g/mol. The minimum absolute atomic E-state index is 0.0923. The number of carbonyl (C=O) groups excluding carboxylic acids is 3. The number of nitrogens with zero attached hydrogens (tertiary/aromatic N) is 3.